The molecule has 0 atom stereocenters. The predicted octanol–water partition coefficient (Wildman–Crippen LogP) is 3.59. The second-order valence-corrected chi connectivity index (χ2v) is 9.73. The van der Waals surface area contributed by atoms with Crippen molar-refractivity contribution >= 4 is 22.9 Å². The van der Waals surface area contributed by atoms with Gasteiger partial charge in [0.2, 0.25) is 5.82 Å². The third-order valence-corrected chi connectivity index (χ3v) is 6.76. The molecular formula is C30H30N8O7. The molecule has 0 fully saturated rings. The van der Waals surface area contributed by atoms with Gasteiger partial charge in [-0.3, -0.25) is 14.2 Å². The molecule has 3 aromatic carbocycles. The van der Waals surface area contributed by atoms with E-state index in [9.17, 15) is 19.7 Å². The summed E-state index contributed by atoms with van der Waals surface area (Å²) in [7, 11) is 0. The first kappa shape index (κ1) is 30.6. The number of esters is 1. The molecule has 0 saturated heterocycles. The Morgan fingerprint density at radius 2 is 1.78 bits per heavy atom. The molecule has 15 nitrogen and oxygen atoms in total. The molecule has 1 amide bonds. The molecule has 2 aromatic heterocycles. The summed E-state index contributed by atoms with van der Waals surface area (Å²) in [5.74, 6) is -0.606. The van der Waals surface area contributed by atoms with Gasteiger partial charge in [-0.05, 0) is 53.8 Å². The Kier molecular flexibility index (Phi) is 9.89. The monoisotopic (exact) mass is 614 g/mol. The normalized spacial score (nSPS) is 10.9. The van der Waals surface area contributed by atoms with E-state index >= 15 is 0 Å². The Bertz CT molecular complexity index is 1770. The summed E-state index contributed by atoms with van der Waals surface area (Å²) >= 11 is 0. The van der Waals surface area contributed by atoms with E-state index in [1.165, 1.54) is 0 Å². The van der Waals surface area contributed by atoms with Gasteiger partial charge in [-0.25, -0.2) is 0 Å². The number of benzene rings is 3. The molecule has 0 aliphatic carbocycles. The predicted molar refractivity (Wildman–Crippen MR) is 161 cm³/mol. The number of unbranched alkanes of at least 4 members (excludes halogenated alkanes) is 1. The van der Waals surface area contributed by atoms with E-state index in [-0.39, 0.29) is 19.8 Å². The summed E-state index contributed by atoms with van der Waals surface area (Å²) in [6, 6.07) is 21.3. The summed E-state index contributed by atoms with van der Waals surface area (Å²) in [5, 5.41) is 26.3. The Labute approximate surface area is 256 Å². The fourth-order valence-electron chi connectivity index (χ4n) is 4.74. The van der Waals surface area contributed by atoms with E-state index in [1.807, 2.05) is 60.0 Å². The zero-order chi connectivity index (χ0) is 31.6. The average Bonchev–Trinajstić information content (AvgIpc) is 3.71. The van der Waals surface area contributed by atoms with Crippen LogP contribution in [0.3, 0.4) is 0 Å². The van der Waals surface area contributed by atoms with Crippen LogP contribution >= 0.6 is 0 Å². The number of aromatic amines is 1. The SMILES string of the molecule is CCOc1nc2cccc(C(=O)NCC(=O)OCCCCO[N+](=O)[O-])c2n1Cc1ccc(-c2ccccc2-c2nn[nH]n2)cc1. The van der Waals surface area contributed by atoms with Crippen molar-refractivity contribution in [3.8, 4) is 28.5 Å². The van der Waals surface area contributed by atoms with Crippen molar-refractivity contribution in [3.05, 3.63) is 88.0 Å². The Hall–Kier alpha value is -5.86. The van der Waals surface area contributed by atoms with Gasteiger partial charge in [0.15, 0.2) is 0 Å². The van der Waals surface area contributed by atoms with Crippen molar-refractivity contribution in [1.82, 2.24) is 35.5 Å². The average molecular weight is 615 g/mol. The first-order valence-electron chi connectivity index (χ1n) is 14.2. The first-order chi connectivity index (χ1) is 21.9. The number of fused-ring (bicyclic) bond motifs is 1. The summed E-state index contributed by atoms with van der Waals surface area (Å²) in [6.45, 7) is 2.22. The molecule has 0 aliphatic heterocycles. The maximum Gasteiger partial charge on any atom is 0.325 e. The van der Waals surface area contributed by atoms with E-state index in [4.69, 9.17) is 9.47 Å². The highest BCUT2D eigenvalue weighted by molar-refractivity contribution is 6.06. The summed E-state index contributed by atoms with van der Waals surface area (Å²) < 4.78 is 12.8. The van der Waals surface area contributed by atoms with Crippen molar-refractivity contribution < 1.29 is 29.0 Å². The van der Waals surface area contributed by atoms with E-state index in [0.29, 0.717) is 54.4 Å². The van der Waals surface area contributed by atoms with Crippen molar-refractivity contribution in [2.24, 2.45) is 0 Å². The highest BCUT2D eigenvalue weighted by atomic mass is 16.9. The lowest BCUT2D eigenvalue weighted by atomic mass is 9.98. The van der Waals surface area contributed by atoms with Crippen molar-refractivity contribution in [2.75, 3.05) is 26.4 Å². The molecule has 0 spiro atoms. The molecule has 0 aliphatic rings. The number of amides is 1. The summed E-state index contributed by atoms with van der Waals surface area (Å²) in [4.78, 5) is 44.4. The number of para-hydroxylation sites is 1. The zero-order valence-electron chi connectivity index (χ0n) is 24.3. The number of hydrogen-bond donors (Lipinski definition) is 2. The lowest BCUT2D eigenvalue weighted by Gasteiger charge is -2.13. The van der Waals surface area contributed by atoms with E-state index in [2.05, 4.69) is 35.8 Å². The van der Waals surface area contributed by atoms with Gasteiger partial charge >= 0.3 is 5.97 Å². The minimum Gasteiger partial charge on any atom is -0.465 e. The number of imidazole rings is 1. The van der Waals surface area contributed by atoms with Gasteiger partial charge in [-0.15, -0.1) is 20.3 Å². The van der Waals surface area contributed by atoms with Crippen LogP contribution in [0.4, 0.5) is 0 Å². The van der Waals surface area contributed by atoms with Gasteiger partial charge in [0.1, 0.15) is 6.54 Å². The van der Waals surface area contributed by atoms with Crippen LogP contribution in [0.2, 0.25) is 0 Å². The maximum absolute atomic E-state index is 13.2. The molecule has 2 N–H and O–H groups in total. The molecule has 5 aromatic rings. The Morgan fingerprint density at radius 3 is 2.51 bits per heavy atom. The molecule has 0 bridgehead atoms. The summed E-state index contributed by atoms with van der Waals surface area (Å²) in [6.07, 6.45) is 0.740. The topological polar surface area (TPSA) is 189 Å². The highest BCUT2D eigenvalue weighted by Gasteiger charge is 2.20. The maximum atomic E-state index is 13.2. The lowest BCUT2D eigenvalue weighted by molar-refractivity contribution is -0.757. The van der Waals surface area contributed by atoms with Gasteiger partial charge in [-0.2, -0.15) is 10.2 Å². The zero-order valence-corrected chi connectivity index (χ0v) is 24.3. The Balaban J connectivity index is 1.31. The molecule has 45 heavy (non-hydrogen) atoms. The Morgan fingerprint density at radius 1 is 1.00 bits per heavy atom. The smallest absolute Gasteiger partial charge is 0.325 e. The third-order valence-electron chi connectivity index (χ3n) is 6.76. The highest BCUT2D eigenvalue weighted by Crippen LogP contribution is 2.31. The minimum absolute atomic E-state index is 0.0529. The molecule has 2 heterocycles. The molecule has 0 unspecified atom stereocenters. The number of carbonyl (C=O) groups excluding carboxylic acids is 2. The number of carbonyl (C=O) groups is 2. The quantitative estimate of drug-likeness (QED) is 0.0758. The van der Waals surface area contributed by atoms with Crippen LogP contribution in [0.1, 0.15) is 35.7 Å². The summed E-state index contributed by atoms with van der Waals surface area (Å²) in [5.41, 5.74) is 5.16. The standard InChI is InChI=1S/C30H30N8O7/c1-2-43-30-32-25-11-7-10-24(29(40)31-18-26(39)44-16-5-6-17-45-38(41)42)27(25)37(30)19-20-12-14-21(15-13-20)22-8-3-4-9-23(22)28-33-35-36-34-28/h3-4,7-15H,2,5-6,16-19H2,1H3,(H,31,40)(H,33,34,35,36). The molecule has 232 valence electrons. The number of hydrogen-bond acceptors (Lipinski definition) is 11. The van der Waals surface area contributed by atoms with Gasteiger partial charge in [0, 0.05) is 5.56 Å². The molecule has 0 saturated carbocycles. The lowest BCUT2D eigenvalue weighted by Crippen LogP contribution is -2.31. The fraction of sp³-hybridized carbons (Fsp3) is 0.267. The van der Waals surface area contributed by atoms with Gasteiger partial charge in [-0.1, -0.05) is 54.6 Å². The number of H-pyrrole nitrogens is 1. The van der Waals surface area contributed by atoms with E-state index < -0.39 is 17.0 Å². The molecule has 0 radical (unpaired) electrons. The van der Waals surface area contributed by atoms with E-state index in [0.717, 1.165) is 22.3 Å². The van der Waals surface area contributed by atoms with Crippen LogP contribution < -0.4 is 10.1 Å². The van der Waals surface area contributed by atoms with E-state index in [1.54, 1.807) is 18.2 Å². The minimum atomic E-state index is -0.873. The van der Waals surface area contributed by atoms with Crippen LogP contribution in [0.5, 0.6) is 6.01 Å². The van der Waals surface area contributed by atoms with Crippen molar-refractivity contribution in [1.29, 1.82) is 0 Å². The third kappa shape index (κ3) is 7.57. The molecule has 5 rings (SSSR count). The number of nitrogens with one attached hydrogen (secondary N) is 2. The second-order valence-electron chi connectivity index (χ2n) is 9.73. The van der Waals surface area contributed by atoms with Crippen LogP contribution in [0.25, 0.3) is 33.5 Å². The molecular weight excluding hydrogens is 584 g/mol. The molecule has 15 heteroatoms. The number of rotatable bonds is 15. The van der Waals surface area contributed by atoms with Crippen LogP contribution in [-0.2, 0) is 20.9 Å². The van der Waals surface area contributed by atoms with Crippen molar-refractivity contribution in [2.45, 2.75) is 26.3 Å². The number of aromatic nitrogens is 6. The van der Waals surface area contributed by atoms with Gasteiger partial charge < -0.3 is 19.6 Å². The van der Waals surface area contributed by atoms with Gasteiger partial charge in [0.05, 0.1) is 43.0 Å². The largest absolute Gasteiger partial charge is 0.465 e. The van der Waals surface area contributed by atoms with Crippen LogP contribution in [-0.4, -0.2) is 73.5 Å². The number of tetrazole rings is 1. The van der Waals surface area contributed by atoms with Crippen molar-refractivity contribution in [3.63, 3.8) is 0 Å². The number of nitrogens with zero attached hydrogens (tertiary/aromatic N) is 6. The fourth-order valence-corrected chi connectivity index (χ4v) is 4.74. The van der Waals surface area contributed by atoms with Crippen LogP contribution in [0.15, 0.2) is 66.7 Å². The number of ether oxygens (including phenoxy) is 2. The van der Waals surface area contributed by atoms with Crippen LogP contribution in [0, 0.1) is 10.1 Å². The second kappa shape index (κ2) is 14.5. The van der Waals surface area contributed by atoms with Gasteiger partial charge in [0.25, 0.3) is 17.0 Å². The first-order valence-corrected chi connectivity index (χ1v) is 14.2.